The molecule has 124 valence electrons. The number of rotatable bonds is 4. The van der Waals surface area contributed by atoms with E-state index in [1.54, 1.807) is 0 Å². The van der Waals surface area contributed by atoms with Crippen molar-refractivity contribution in [2.24, 2.45) is 0 Å². The lowest BCUT2D eigenvalue weighted by Gasteiger charge is -2.29. The van der Waals surface area contributed by atoms with Crippen molar-refractivity contribution >= 4 is 22.8 Å². The molecule has 0 unspecified atom stereocenters. The molecule has 3 nitrogen and oxygen atoms in total. The van der Waals surface area contributed by atoms with Gasteiger partial charge in [-0.3, -0.25) is 0 Å². The van der Waals surface area contributed by atoms with Crippen LogP contribution in [-0.2, 0) is 10.6 Å². The molecule has 24 heavy (non-hydrogen) atoms. The highest BCUT2D eigenvalue weighted by molar-refractivity contribution is 7.99. The highest BCUT2D eigenvalue weighted by atomic mass is 32.2. The molecule has 0 amide bonds. The van der Waals surface area contributed by atoms with Crippen molar-refractivity contribution in [2.45, 2.75) is 50.2 Å². The van der Waals surface area contributed by atoms with Gasteiger partial charge in [0, 0.05) is 5.75 Å². The molecule has 1 heterocycles. The van der Waals surface area contributed by atoms with Crippen molar-refractivity contribution in [3.8, 4) is 0 Å². The van der Waals surface area contributed by atoms with E-state index in [1.165, 1.54) is 47.9 Å². The highest BCUT2D eigenvalue weighted by Crippen LogP contribution is 2.47. The lowest BCUT2D eigenvalue weighted by Crippen LogP contribution is -2.28. The lowest BCUT2D eigenvalue weighted by atomic mass is 10.1. The molecular formula is C20H23N3S. The molecule has 0 bridgehead atoms. The molecule has 3 aromatic rings. The molecule has 4 rings (SSSR count). The van der Waals surface area contributed by atoms with Crippen LogP contribution < -0.4 is 0 Å². The van der Waals surface area contributed by atoms with Crippen LogP contribution in [-0.4, -0.2) is 15.0 Å². The minimum absolute atomic E-state index is 0.0479. The van der Waals surface area contributed by atoms with Crippen LogP contribution in [0.4, 0.5) is 0 Å². The summed E-state index contributed by atoms with van der Waals surface area (Å²) >= 11 is 2.03. The summed E-state index contributed by atoms with van der Waals surface area (Å²) in [5.41, 5.74) is 6.18. The number of hydrogen-bond acceptors (Lipinski definition) is 3. The van der Waals surface area contributed by atoms with Gasteiger partial charge in [-0.15, -0.1) is 16.9 Å². The molecule has 0 saturated heterocycles. The van der Waals surface area contributed by atoms with Crippen LogP contribution >= 0.6 is 11.8 Å². The first-order valence-electron chi connectivity index (χ1n) is 8.69. The van der Waals surface area contributed by atoms with Gasteiger partial charge in [-0.25, -0.2) is 4.68 Å². The number of benzene rings is 2. The molecule has 2 aromatic carbocycles. The van der Waals surface area contributed by atoms with E-state index in [2.05, 4.69) is 71.3 Å². The van der Waals surface area contributed by atoms with Gasteiger partial charge >= 0.3 is 0 Å². The third-order valence-electron chi connectivity index (χ3n) is 5.18. The zero-order valence-electron chi connectivity index (χ0n) is 14.3. The van der Waals surface area contributed by atoms with E-state index in [0.717, 1.165) is 11.3 Å². The fourth-order valence-electron chi connectivity index (χ4n) is 3.61. The normalized spacial score (nSPS) is 16.8. The molecule has 1 aliphatic carbocycles. The van der Waals surface area contributed by atoms with Crippen LogP contribution in [0.1, 0.15) is 42.4 Å². The molecule has 1 saturated carbocycles. The van der Waals surface area contributed by atoms with Crippen LogP contribution in [0.25, 0.3) is 11.0 Å². The van der Waals surface area contributed by atoms with Crippen LogP contribution in [0.15, 0.2) is 42.5 Å². The van der Waals surface area contributed by atoms with E-state index in [-0.39, 0.29) is 4.87 Å². The number of aryl methyl sites for hydroxylation is 2. The molecule has 0 atom stereocenters. The summed E-state index contributed by atoms with van der Waals surface area (Å²) in [6.07, 6.45) is 4.90. The second-order valence-electron chi connectivity index (χ2n) is 6.85. The first-order chi connectivity index (χ1) is 11.7. The predicted molar refractivity (Wildman–Crippen MR) is 101 cm³/mol. The first-order valence-corrected chi connectivity index (χ1v) is 9.68. The van der Waals surface area contributed by atoms with Crippen LogP contribution in [0.3, 0.4) is 0 Å². The van der Waals surface area contributed by atoms with Crippen LogP contribution in [0.2, 0.25) is 0 Å². The van der Waals surface area contributed by atoms with Crippen molar-refractivity contribution in [3.05, 3.63) is 59.2 Å². The summed E-state index contributed by atoms with van der Waals surface area (Å²) in [6, 6.07) is 15.2. The quantitative estimate of drug-likeness (QED) is 0.655. The smallest absolute Gasteiger partial charge is 0.113 e. The maximum absolute atomic E-state index is 4.59. The molecule has 4 heteroatoms. The standard InChI is InChI=1S/C20H23N3S/c1-15-12-18-19(13-16(15)2)23(22-21-18)20(10-6-7-11-20)24-14-17-8-4-3-5-9-17/h3-5,8-9,12-13H,6-7,10-11,14H2,1-2H3. The topological polar surface area (TPSA) is 30.7 Å². The Labute approximate surface area is 147 Å². The Morgan fingerprint density at radius 3 is 2.50 bits per heavy atom. The van der Waals surface area contributed by atoms with Crippen LogP contribution in [0, 0.1) is 13.8 Å². The van der Waals surface area contributed by atoms with E-state index >= 15 is 0 Å². The molecule has 0 aliphatic heterocycles. The number of thioether (sulfide) groups is 1. The number of nitrogens with zero attached hydrogens (tertiary/aromatic N) is 3. The van der Waals surface area contributed by atoms with E-state index < -0.39 is 0 Å². The molecule has 1 aromatic heterocycles. The zero-order valence-corrected chi connectivity index (χ0v) is 15.1. The van der Waals surface area contributed by atoms with Crippen molar-refractivity contribution in [2.75, 3.05) is 0 Å². The van der Waals surface area contributed by atoms with Gasteiger partial charge in [0.1, 0.15) is 10.4 Å². The SMILES string of the molecule is Cc1cc2nnn(C3(SCc4ccccc4)CCCC3)c2cc1C. The average molecular weight is 337 g/mol. The third kappa shape index (κ3) is 2.73. The predicted octanol–water partition coefficient (Wildman–Crippen LogP) is 5.21. The van der Waals surface area contributed by atoms with Gasteiger partial charge < -0.3 is 0 Å². The summed E-state index contributed by atoms with van der Waals surface area (Å²) in [6.45, 7) is 4.31. The van der Waals surface area contributed by atoms with Gasteiger partial charge in [0.25, 0.3) is 0 Å². The van der Waals surface area contributed by atoms with Gasteiger partial charge in [0.15, 0.2) is 0 Å². The number of fused-ring (bicyclic) bond motifs is 1. The van der Waals surface area contributed by atoms with Gasteiger partial charge in [0.05, 0.1) is 5.52 Å². The Kier molecular flexibility index (Phi) is 4.09. The molecule has 0 radical (unpaired) electrons. The average Bonchev–Trinajstić information content (AvgIpc) is 3.22. The van der Waals surface area contributed by atoms with Gasteiger partial charge in [-0.05, 0) is 55.5 Å². The molecule has 1 fully saturated rings. The lowest BCUT2D eigenvalue weighted by molar-refractivity contribution is 0.414. The monoisotopic (exact) mass is 337 g/mol. The van der Waals surface area contributed by atoms with Gasteiger partial charge in [-0.1, -0.05) is 48.4 Å². The van der Waals surface area contributed by atoms with E-state index in [9.17, 15) is 0 Å². The van der Waals surface area contributed by atoms with Gasteiger partial charge in [0.2, 0.25) is 0 Å². The van der Waals surface area contributed by atoms with Crippen LogP contribution in [0.5, 0.6) is 0 Å². The maximum Gasteiger partial charge on any atom is 0.113 e. The van der Waals surface area contributed by atoms with Crippen molar-refractivity contribution in [1.82, 2.24) is 15.0 Å². The van der Waals surface area contributed by atoms with E-state index in [1.807, 2.05) is 11.8 Å². The van der Waals surface area contributed by atoms with E-state index in [4.69, 9.17) is 0 Å². The van der Waals surface area contributed by atoms with Crippen molar-refractivity contribution < 1.29 is 0 Å². The Morgan fingerprint density at radius 1 is 1.04 bits per heavy atom. The maximum atomic E-state index is 4.59. The second kappa shape index (κ2) is 6.25. The number of aromatic nitrogens is 3. The van der Waals surface area contributed by atoms with E-state index in [0.29, 0.717) is 0 Å². The fraction of sp³-hybridized carbons (Fsp3) is 0.400. The third-order valence-corrected chi connectivity index (χ3v) is 6.78. The Hall–Kier alpha value is -1.81. The van der Waals surface area contributed by atoms with Crippen molar-refractivity contribution in [3.63, 3.8) is 0 Å². The van der Waals surface area contributed by atoms with Crippen molar-refractivity contribution in [1.29, 1.82) is 0 Å². The Balaban J connectivity index is 1.71. The minimum Gasteiger partial charge on any atom is -0.229 e. The summed E-state index contributed by atoms with van der Waals surface area (Å²) in [4.78, 5) is 0.0479. The summed E-state index contributed by atoms with van der Waals surface area (Å²) < 4.78 is 2.22. The minimum atomic E-state index is 0.0479. The largest absolute Gasteiger partial charge is 0.229 e. The fourth-order valence-corrected chi connectivity index (χ4v) is 5.08. The summed E-state index contributed by atoms with van der Waals surface area (Å²) in [7, 11) is 0. The molecule has 0 spiro atoms. The zero-order chi connectivity index (χ0) is 16.6. The highest BCUT2D eigenvalue weighted by Gasteiger charge is 2.38. The Morgan fingerprint density at radius 2 is 1.75 bits per heavy atom. The number of hydrogen-bond donors (Lipinski definition) is 0. The summed E-state index contributed by atoms with van der Waals surface area (Å²) in [5, 5.41) is 9.05. The van der Waals surface area contributed by atoms with Gasteiger partial charge in [-0.2, -0.15) is 0 Å². The molecular weight excluding hydrogens is 314 g/mol. The second-order valence-corrected chi connectivity index (χ2v) is 8.19. The Bertz CT molecular complexity index is 848. The molecule has 1 aliphatic rings. The molecule has 0 N–H and O–H groups in total. The first kappa shape index (κ1) is 15.7. The summed E-state index contributed by atoms with van der Waals surface area (Å²) in [5.74, 6) is 1.02.